The fourth-order valence-corrected chi connectivity index (χ4v) is 3.08. The summed E-state index contributed by atoms with van der Waals surface area (Å²) in [6, 6.07) is 15.2. The van der Waals surface area contributed by atoms with Gasteiger partial charge in [-0.2, -0.15) is 5.26 Å². The van der Waals surface area contributed by atoms with Crippen molar-refractivity contribution in [2.75, 3.05) is 6.61 Å². The van der Waals surface area contributed by atoms with E-state index in [1.165, 1.54) is 0 Å². The number of rotatable bonds is 3. The van der Waals surface area contributed by atoms with Gasteiger partial charge in [0.1, 0.15) is 5.92 Å². The Labute approximate surface area is 140 Å². The molecule has 4 heteroatoms. The van der Waals surface area contributed by atoms with E-state index in [0.29, 0.717) is 18.4 Å². The van der Waals surface area contributed by atoms with Gasteiger partial charge in [0.15, 0.2) is 5.78 Å². The van der Waals surface area contributed by atoms with E-state index in [1.807, 2.05) is 30.3 Å². The quantitative estimate of drug-likeness (QED) is 0.642. The van der Waals surface area contributed by atoms with Gasteiger partial charge in [-0.05, 0) is 47.7 Å². The van der Waals surface area contributed by atoms with Crippen LogP contribution >= 0.6 is 0 Å². The van der Waals surface area contributed by atoms with E-state index in [2.05, 4.69) is 6.07 Å². The van der Waals surface area contributed by atoms with Crippen LogP contribution in [0.5, 0.6) is 0 Å². The van der Waals surface area contributed by atoms with Crippen molar-refractivity contribution in [3.63, 3.8) is 0 Å². The molecule has 0 spiro atoms. The second-order valence-corrected chi connectivity index (χ2v) is 5.75. The lowest BCUT2D eigenvalue weighted by atomic mass is 9.80. The number of aryl methyl sites for hydroxylation is 1. The van der Waals surface area contributed by atoms with Crippen LogP contribution in [0, 0.1) is 11.3 Å². The molecule has 0 saturated heterocycles. The monoisotopic (exact) mass is 319 g/mol. The number of Topliss-reactive ketones (excluding diaryl/α,β-unsaturated/α-hetero) is 1. The SMILES string of the molecule is CCOC(=O)[C@H]1C(=O)CCc2cc(-c3ccc(C#N)cc3)ccc21. The highest BCUT2D eigenvalue weighted by Gasteiger charge is 2.34. The Morgan fingerprint density at radius 3 is 2.54 bits per heavy atom. The average Bonchev–Trinajstić information content (AvgIpc) is 2.61. The van der Waals surface area contributed by atoms with E-state index in [0.717, 1.165) is 22.3 Å². The molecule has 0 aliphatic heterocycles. The molecule has 0 bridgehead atoms. The lowest BCUT2D eigenvalue weighted by Crippen LogP contribution is -2.29. The number of fused-ring (bicyclic) bond motifs is 1. The van der Waals surface area contributed by atoms with E-state index >= 15 is 0 Å². The van der Waals surface area contributed by atoms with Gasteiger partial charge in [0.25, 0.3) is 0 Å². The number of nitriles is 1. The number of hydrogen-bond donors (Lipinski definition) is 0. The molecule has 0 heterocycles. The molecule has 0 saturated carbocycles. The van der Waals surface area contributed by atoms with E-state index in [1.54, 1.807) is 19.1 Å². The van der Waals surface area contributed by atoms with Crippen molar-refractivity contribution in [3.8, 4) is 17.2 Å². The average molecular weight is 319 g/mol. The topological polar surface area (TPSA) is 67.2 Å². The zero-order valence-corrected chi connectivity index (χ0v) is 13.4. The number of hydrogen-bond acceptors (Lipinski definition) is 4. The number of ketones is 1. The first-order chi connectivity index (χ1) is 11.6. The molecule has 2 aromatic rings. The van der Waals surface area contributed by atoms with Crippen LogP contribution < -0.4 is 0 Å². The summed E-state index contributed by atoms with van der Waals surface area (Å²) in [5.41, 5.74) is 4.39. The summed E-state index contributed by atoms with van der Waals surface area (Å²) in [5, 5.41) is 8.88. The Balaban J connectivity index is 1.97. The highest BCUT2D eigenvalue weighted by Crippen LogP contribution is 2.33. The smallest absolute Gasteiger partial charge is 0.321 e. The molecule has 2 aromatic carbocycles. The fraction of sp³-hybridized carbons (Fsp3) is 0.250. The molecule has 0 aromatic heterocycles. The first kappa shape index (κ1) is 15.9. The van der Waals surface area contributed by atoms with Gasteiger partial charge in [0.2, 0.25) is 0 Å². The molecule has 0 amide bonds. The van der Waals surface area contributed by atoms with Gasteiger partial charge in [0.05, 0.1) is 18.2 Å². The van der Waals surface area contributed by atoms with Crippen LogP contribution in [0.2, 0.25) is 0 Å². The van der Waals surface area contributed by atoms with Gasteiger partial charge in [0, 0.05) is 6.42 Å². The summed E-state index contributed by atoms with van der Waals surface area (Å²) >= 11 is 0. The molecule has 1 aliphatic rings. The van der Waals surface area contributed by atoms with Crippen molar-refractivity contribution < 1.29 is 14.3 Å². The van der Waals surface area contributed by atoms with E-state index in [-0.39, 0.29) is 12.4 Å². The standard InChI is InChI=1S/C20H17NO3/c1-2-24-20(23)19-17-9-7-15(11-16(17)8-10-18(19)22)14-5-3-13(12-21)4-6-14/h3-7,9,11,19H,2,8,10H2,1H3/t19-/m1/s1. The zero-order chi connectivity index (χ0) is 17.1. The van der Waals surface area contributed by atoms with Gasteiger partial charge in [-0.3, -0.25) is 9.59 Å². The van der Waals surface area contributed by atoms with Crippen molar-refractivity contribution in [1.29, 1.82) is 5.26 Å². The van der Waals surface area contributed by atoms with E-state index in [4.69, 9.17) is 10.00 Å². The number of ether oxygens (including phenoxy) is 1. The van der Waals surface area contributed by atoms with Gasteiger partial charge in [-0.1, -0.05) is 30.3 Å². The predicted octanol–water partition coefficient (Wildman–Crippen LogP) is 3.39. The molecule has 1 aliphatic carbocycles. The molecule has 24 heavy (non-hydrogen) atoms. The Morgan fingerprint density at radius 1 is 1.17 bits per heavy atom. The third kappa shape index (κ3) is 2.93. The summed E-state index contributed by atoms with van der Waals surface area (Å²) in [7, 11) is 0. The second-order valence-electron chi connectivity index (χ2n) is 5.75. The molecule has 3 rings (SSSR count). The number of nitrogens with zero attached hydrogens (tertiary/aromatic N) is 1. The summed E-state index contributed by atoms with van der Waals surface area (Å²) < 4.78 is 5.06. The van der Waals surface area contributed by atoms with Crippen LogP contribution in [0.15, 0.2) is 42.5 Å². The maximum absolute atomic E-state index is 12.2. The summed E-state index contributed by atoms with van der Waals surface area (Å²) in [5.74, 6) is -1.34. The van der Waals surface area contributed by atoms with Gasteiger partial charge in [-0.15, -0.1) is 0 Å². The molecule has 0 unspecified atom stereocenters. The molecule has 0 radical (unpaired) electrons. The van der Waals surface area contributed by atoms with Crippen LogP contribution in [-0.4, -0.2) is 18.4 Å². The van der Waals surface area contributed by atoms with Gasteiger partial charge in [-0.25, -0.2) is 0 Å². The zero-order valence-electron chi connectivity index (χ0n) is 13.4. The minimum atomic E-state index is -0.802. The minimum Gasteiger partial charge on any atom is -0.465 e. The van der Waals surface area contributed by atoms with Crippen molar-refractivity contribution in [2.45, 2.75) is 25.7 Å². The van der Waals surface area contributed by atoms with Gasteiger partial charge < -0.3 is 4.74 Å². The van der Waals surface area contributed by atoms with Crippen LogP contribution in [0.1, 0.15) is 36.0 Å². The molecule has 4 nitrogen and oxygen atoms in total. The Hall–Kier alpha value is -2.93. The minimum absolute atomic E-state index is 0.0768. The largest absolute Gasteiger partial charge is 0.465 e. The molecule has 120 valence electrons. The van der Waals surface area contributed by atoms with Gasteiger partial charge >= 0.3 is 5.97 Å². The second kappa shape index (κ2) is 6.67. The number of esters is 1. The Kier molecular flexibility index (Phi) is 4.43. The third-order valence-corrected chi connectivity index (χ3v) is 4.29. The molecule has 0 N–H and O–H groups in total. The highest BCUT2D eigenvalue weighted by atomic mass is 16.5. The summed E-state index contributed by atoms with van der Waals surface area (Å²) in [6.45, 7) is 2.00. The first-order valence-corrected chi connectivity index (χ1v) is 7.96. The van der Waals surface area contributed by atoms with Crippen molar-refractivity contribution in [3.05, 3.63) is 59.2 Å². The molecular weight excluding hydrogens is 302 g/mol. The highest BCUT2D eigenvalue weighted by molar-refractivity contribution is 6.06. The molecular formula is C20H17NO3. The maximum Gasteiger partial charge on any atom is 0.321 e. The van der Waals surface area contributed by atoms with Crippen LogP contribution in [-0.2, 0) is 20.7 Å². The Bertz CT molecular complexity index is 831. The third-order valence-electron chi connectivity index (χ3n) is 4.29. The maximum atomic E-state index is 12.2. The molecule has 1 atom stereocenters. The van der Waals surface area contributed by atoms with Crippen molar-refractivity contribution in [2.24, 2.45) is 0 Å². The first-order valence-electron chi connectivity index (χ1n) is 7.96. The number of carbonyl (C=O) groups is 2. The van der Waals surface area contributed by atoms with Crippen LogP contribution in [0.4, 0.5) is 0 Å². The normalized spacial score (nSPS) is 16.2. The predicted molar refractivity (Wildman–Crippen MR) is 89.3 cm³/mol. The lowest BCUT2D eigenvalue weighted by Gasteiger charge is -2.23. The van der Waals surface area contributed by atoms with E-state index in [9.17, 15) is 9.59 Å². The summed E-state index contributed by atoms with van der Waals surface area (Å²) in [6.07, 6.45) is 0.988. The Morgan fingerprint density at radius 2 is 1.88 bits per heavy atom. The van der Waals surface area contributed by atoms with E-state index < -0.39 is 11.9 Å². The number of benzene rings is 2. The van der Waals surface area contributed by atoms with Crippen LogP contribution in [0.25, 0.3) is 11.1 Å². The lowest BCUT2D eigenvalue weighted by molar-refractivity contribution is -0.148. The van der Waals surface area contributed by atoms with Crippen LogP contribution in [0.3, 0.4) is 0 Å². The number of carbonyl (C=O) groups excluding carboxylic acids is 2. The molecule has 0 fully saturated rings. The fourth-order valence-electron chi connectivity index (χ4n) is 3.08. The summed E-state index contributed by atoms with van der Waals surface area (Å²) in [4.78, 5) is 24.3. The van der Waals surface area contributed by atoms with Crippen molar-refractivity contribution in [1.82, 2.24) is 0 Å². The van der Waals surface area contributed by atoms with Crippen molar-refractivity contribution >= 4 is 11.8 Å².